The minimum atomic E-state index is -3.57. The van der Waals surface area contributed by atoms with Gasteiger partial charge in [-0.05, 0) is 38.0 Å². The van der Waals surface area contributed by atoms with Crippen LogP contribution in [0.1, 0.15) is 57.7 Å². The van der Waals surface area contributed by atoms with E-state index in [0.717, 1.165) is 24.2 Å². The van der Waals surface area contributed by atoms with Crippen LogP contribution in [0.2, 0.25) is 0 Å². The predicted molar refractivity (Wildman–Crippen MR) is 123 cm³/mol. The number of nitrogens with zero attached hydrogens (tertiary/aromatic N) is 3. The molecule has 1 amide bonds. The summed E-state index contributed by atoms with van der Waals surface area (Å²) in [5, 5.41) is 3.19. The molecule has 1 aromatic carbocycles. The third-order valence-electron chi connectivity index (χ3n) is 6.52. The number of aryl methyl sites for hydroxylation is 2. The number of morpholine rings is 1. The van der Waals surface area contributed by atoms with Crippen LogP contribution in [0.15, 0.2) is 23.1 Å². The van der Waals surface area contributed by atoms with Crippen molar-refractivity contribution >= 4 is 27.0 Å². The first kappa shape index (κ1) is 23.2. The lowest BCUT2D eigenvalue weighted by Crippen LogP contribution is -2.40. The number of sulfonamides is 1. The summed E-state index contributed by atoms with van der Waals surface area (Å²) in [4.78, 5) is 17.5. The fourth-order valence-electron chi connectivity index (χ4n) is 4.75. The Kier molecular flexibility index (Phi) is 7.48. The van der Waals surface area contributed by atoms with Gasteiger partial charge in [0, 0.05) is 38.5 Å². The minimum absolute atomic E-state index is 0.0715. The van der Waals surface area contributed by atoms with E-state index in [0.29, 0.717) is 57.2 Å². The molecule has 0 spiro atoms. The maximum atomic E-state index is 13.0. The number of carbonyl (C=O) groups is 1. The molecule has 4 rings (SSSR count). The molecule has 2 aliphatic rings. The van der Waals surface area contributed by atoms with Gasteiger partial charge >= 0.3 is 0 Å². The van der Waals surface area contributed by atoms with E-state index in [-0.39, 0.29) is 10.8 Å². The quantitative estimate of drug-likeness (QED) is 0.639. The van der Waals surface area contributed by atoms with Gasteiger partial charge < -0.3 is 14.6 Å². The molecule has 1 N–H and O–H groups in total. The molecule has 176 valence electrons. The molecule has 2 aromatic rings. The highest BCUT2D eigenvalue weighted by Crippen LogP contribution is 2.24. The Morgan fingerprint density at radius 2 is 1.88 bits per heavy atom. The van der Waals surface area contributed by atoms with Crippen LogP contribution < -0.4 is 5.32 Å². The number of hydrogen-bond donors (Lipinski definition) is 1. The van der Waals surface area contributed by atoms with E-state index < -0.39 is 10.0 Å². The van der Waals surface area contributed by atoms with Crippen LogP contribution in [0.25, 0.3) is 11.0 Å². The summed E-state index contributed by atoms with van der Waals surface area (Å²) in [6.45, 7) is 4.31. The van der Waals surface area contributed by atoms with Crippen LogP contribution in [0.5, 0.6) is 0 Å². The Hall–Kier alpha value is -1.97. The number of amides is 1. The van der Waals surface area contributed by atoms with Gasteiger partial charge in [0.25, 0.3) is 0 Å². The highest BCUT2D eigenvalue weighted by molar-refractivity contribution is 7.89. The second-order valence-corrected chi connectivity index (χ2v) is 10.6. The van der Waals surface area contributed by atoms with Crippen molar-refractivity contribution in [3.05, 3.63) is 24.0 Å². The van der Waals surface area contributed by atoms with E-state index in [4.69, 9.17) is 9.72 Å². The van der Waals surface area contributed by atoms with Gasteiger partial charge in [0.2, 0.25) is 15.9 Å². The largest absolute Gasteiger partial charge is 0.379 e. The number of imidazole rings is 1. The summed E-state index contributed by atoms with van der Waals surface area (Å²) in [6, 6.07) is 5.43. The monoisotopic (exact) mass is 462 g/mol. The molecule has 0 radical (unpaired) electrons. The lowest BCUT2D eigenvalue weighted by Gasteiger charge is -2.26. The van der Waals surface area contributed by atoms with Crippen molar-refractivity contribution in [1.82, 2.24) is 19.2 Å². The highest BCUT2D eigenvalue weighted by atomic mass is 32.2. The maximum absolute atomic E-state index is 13.0. The van der Waals surface area contributed by atoms with Gasteiger partial charge in [-0.1, -0.05) is 25.7 Å². The topological polar surface area (TPSA) is 93.5 Å². The lowest BCUT2D eigenvalue weighted by atomic mass is 10.1. The number of aromatic nitrogens is 2. The molecule has 1 aliphatic heterocycles. The van der Waals surface area contributed by atoms with Gasteiger partial charge in [0.1, 0.15) is 5.82 Å². The molecule has 1 saturated heterocycles. The molecule has 0 unspecified atom stereocenters. The van der Waals surface area contributed by atoms with Gasteiger partial charge in [-0.15, -0.1) is 0 Å². The molecule has 32 heavy (non-hydrogen) atoms. The van der Waals surface area contributed by atoms with E-state index in [1.54, 1.807) is 12.1 Å². The minimum Gasteiger partial charge on any atom is -0.379 e. The average molecular weight is 463 g/mol. The zero-order valence-electron chi connectivity index (χ0n) is 18.9. The van der Waals surface area contributed by atoms with Crippen LogP contribution in [0.3, 0.4) is 0 Å². The van der Waals surface area contributed by atoms with Crippen LogP contribution in [-0.2, 0) is 32.5 Å². The molecule has 1 saturated carbocycles. The van der Waals surface area contributed by atoms with E-state index in [2.05, 4.69) is 9.88 Å². The fraction of sp³-hybridized carbons (Fsp3) is 0.652. The molecule has 9 heteroatoms. The van der Waals surface area contributed by atoms with Crippen molar-refractivity contribution in [3.8, 4) is 0 Å². The number of hydrogen-bond acceptors (Lipinski definition) is 5. The van der Waals surface area contributed by atoms with Gasteiger partial charge in [-0.25, -0.2) is 13.4 Å². The third-order valence-corrected chi connectivity index (χ3v) is 8.41. The third kappa shape index (κ3) is 5.15. The molecule has 1 aromatic heterocycles. The van der Waals surface area contributed by atoms with E-state index in [1.807, 2.05) is 13.0 Å². The number of ether oxygens (including phenoxy) is 1. The molecule has 2 fully saturated rings. The van der Waals surface area contributed by atoms with Crippen molar-refractivity contribution in [2.45, 2.75) is 75.8 Å². The van der Waals surface area contributed by atoms with Crippen molar-refractivity contribution in [1.29, 1.82) is 0 Å². The zero-order chi connectivity index (χ0) is 22.6. The number of nitrogens with one attached hydrogen (secondary N) is 1. The second kappa shape index (κ2) is 10.3. The van der Waals surface area contributed by atoms with Crippen molar-refractivity contribution in [3.63, 3.8) is 0 Å². The molecule has 0 atom stereocenters. The SMILES string of the molecule is CCn1c(CCC(=O)NC2CCCCCC2)nc2cc(S(=O)(=O)N3CCOCC3)ccc21. The Morgan fingerprint density at radius 1 is 1.16 bits per heavy atom. The first-order valence-electron chi connectivity index (χ1n) is 11.9. The first-order valence-corrected chi connectivity index (χ1v) is 13.3. The Bertz CT molecular complexity index is 1040. The van der Waals surface area contributed by atoms with Crippen LogP contribution in [0, 0.1) is 0 Å². The second-order valence-electron chi connectivity index (χ2n) is 8.70. The standard InChI is InChI=1S/C23H34N4O4S/c1-2-27-21-10-9-19(32(29,30)26-13-15-31-16-14-26)17-20(21)25-22(27)11-12-23(28)24-18-7-5-3-4-6-8-18/h9-10,17-18H,2-8,11-16H2,1H3,(H,24,28). The number of carbonyl (C=O) groups excluding carboxylic acids is 1. The Morgan fingerprint density at radius 3 is 2.56 bits per heavy atom. The summed E-state index contributed by atoms with van der Waals surface area (Å²) in [6.07, 6.45) is 7.95. The van der Waals surface area contributed by atoms with Crippen molar-refractivity contribution in [2.24, 2.45) is 0 Å². The highest BCUT2D eigenvalue weighted by Gasteiger charge is 2.27. The number of fused-ring (bicyclic) bond motifs is 1. The lowest BCUT2D eigenvalue weighted by molar-refractivity contribution is -0.121. The summed E-state index contributed by atoms with van der Waals surface area (Å²) in [7, 11) is -3.57. The van der Waals surface area contributed by atoms with E-state index in [9.17, 15) is 13.2 Å². The molecule has 8 nitrogen and oxygen atoms in total. The fourth-order valence-corrected chi connectivity index (χ4v) is 6.18. The average Bonchev–Trinajstić information content (AvgIpc) is 2.95. The molecular weight excluding hydrogens is 428 g/mol. The van der Waals surface area contributed by atoms with Crippen LogP contribution in [-0.4, -0.2) is 60.5 Å². The Labute approximate surface area is 190 Å². The summed E-state index contributed by atoms with van der Waals surface area (Å²) < 4.78 is 34.8. The van der Waals surface area contributed by atoms with E-state index in [1.165, 1.54) is 30.0 Å². The Balaban J connectivity index is 1.48. The predicted octanol–water partition coefficient (Wildman–Crippen LogP) is 2.85. The maximum Gasteiger partial charge on any atom is 0.243 e. The summed E-state index contributed by atoms with van der Waals surface area (Å²) >= 11 is 0. The number of rotatable bonds is 7. The van der Waals surface area contributed by atoms with Gasteiger partial charge in [0.05, 0.1) is 29.1 Å². The molecule has 1 aliphatic carbocycles. The summed E-state index contributed by atoms with van der Waals surface area (Å²) in [5.74, 6) is 0.890. The number of benzene rings is 1. The zero-order valence-corrected chi connectivity index (χ0v) is 19.7. The van der Waals surface area contributed by atoms with Gasteiger partial charge in [-0.2, -0.15) is 4.31 Å². The van der Waals surface area contributed by atoms with Gasteiger partial charge in [0.15, 0.2) is 0 Å². The summed E-state index contributed by atoms with van der Waals surface area (Å²) in [5.41, 5.74) is 1.55. The smallest absolute Gasteiger partial charge is 0.243 e. The van der Waals surface area contributed by atoms with Gasteiger partial charge in [-0.3, -0.25) is 4.79 Å². The van der Waals surface area contributed by atoms with Crippen molar-refractivity contribution in [2.75, 3.05) is 26.3 Å². The van der Waals surface area contributed by atoms with Crippen molar-refractivity contribution < 1.29 is 17.9 Å². The van der Waals surface area contributed by atoms with Crippen LogP contribution >= 0.6 is 0 Å². The first-order chi connectivity index (χ1) is 15.5. The molecule has 2 heterocycles. The molecular formula is C23H34N4O4S. The molecule has 0 bridgehead atoms. The van der Waals surface area contributed by atoms with E-state index >= 15 is 0 Å². The van der Waals surface area contributed by atoms with Crippen LogP contribution in [0.4, 0.5) is 0 Å². The normalized spacial score (nSPS) is 19.2.